The molecule has 0 spiro atoms. The molecule has 3 N–H and O–H groups in total. The average molecular weight is 216 g/mol. The van der Waals surface area contributed by atoms with Crippen molar-refractivity contribution in [2.45, 2.75) is 33.2 Å². The molecule has 0 aromatic carbocycles. The van der Waals surface area contributed by atoms with Gasteiger partial charge in [-0.05, 0) is 18.9 Å². The van der Waals surface area contributed by atoms with Crippen molar-refractivity contribution in [2.24, 2.45) is 5.92 Å². The van der Waals surface area contributed by atoms with E-state index in [1.165, 1.54) is 0 Å². The van der Waals surface area contributed by atoms with Crippen LogP contribution in [0.15, 0.2) is 0 Å². The number of hydrogen-bond donors (Lipinski definition) is 3. The summed E-state index contributed by atoms with van der Waals surface area (Å²) < 4.78 is 0. The molecule has 0 aromatic heterocycles. The molecule has 0 saturated heterocycles. The standard InChI is InChI=1S/C10H20N2O3/c1-4-5-11-6-8(13)12-9(7(2)3)10(14)15/h7,9,11H,4-6H2,1-3H3,(H,12,13)(H,14,15)/t9-/m1/s1. The fourth-order valence-electron chi connectivity index (χ4n) is 1.12. The number of carboxylic acids is 1. The molecule has 0 bridgehead atoms. The second-order valence-electron chi connectivity index (χ2n) is 3.80. The Hall–Kier alpha value is -1.10. The lowest BCUT2D eigenvalue weighted by Crippen LogP contribution is -2.47. The van der Waals surface area contributed by atoms with Gasteiger partial charge in [0.05, 0.1) is 6.54 Å². The third kappa shape index (κ3) is 6.06. The molecule has 0 saturated carbocycles. The molecule has 0 aliphatic heterocycles. The number of aliphatic carboxylic acids is 1. The lowest BCUT2D eigenvalue weighted by molar-refractivity contribution is -0.142. The molecule has 0 radical (unpaired) electrons. The van der Waals surface area contributed by atoms with Gasteiger partial charge in [0.1, 0.15) is 6.04 Å². The Bertz CT molecular complexity index is 217. The van der Waals surface area contributed by atoms with Gasteiger partial charge in [0.15, 0.2) is 0 Å². The molecule has 5 nitrogen and oxygen atoms in total. The van der Waals surface area contributed by atoms with Crippen LogP contribution in [-0.4, -0.2) is 36.1 Å². The molecule has 5 heteroatoms. The number of carboxylic acid groups (broad SMARTS) is 1. The van der Waals surface area contributed by atoms with Crippen LogP contribution in [0.4, 0.5) is 0 Å². The summed E-state index contributed by atoms with van der Waals surface area (Å²) in [6, 6.07) is -0.805. The van der Waals surface area contributed by atoms with E-state index < -0.39 is 12.0 Å². The van der Waals surface area contributed by atoms with Crippen molar-refractivity contribution in [2.75, 3.05) is 13.1 Å². The summed E-state index contributed by atoms with van der Waals surface area (Å²) in [6.07, 6.45) is 0.944. The third-order valence-corrected chi connectivity index (χ3v) is 1.96. The molecule has 1 atom stereocenters. The Morgan fingerprint density at radius 1 is 1.33 bits per heavy atom. The second-order valence-corrected chi connectivity index (χ2v) is 3.80. The van der Waals surface area contributed by atoms with Crippen LogP contribution in [-0.2, 0) is 9.59 Å². The summed E-state index contributed by atoms with van der Waals surface area (Å²) in [5.74, 6) is -1.38. The fraction of sp³-hybridized carbons (Fsp3) is 0.800. The first-order chi connectivity index (χ1) is 6.99. The van der Waals surface area contributed by atoms with E-state index in [1.807, 2.05) is 6.92 Å². The molecule has 88 valence electrons. The predicted octanol–water partition coefficient (Wildman–Crippen LogP) is 0.211. The van der Waals surface area contributed by atoms with Crippen LogP contribution in [0.2, 0.25) is 0 Å². The SMILES string of the molecule is CCCNCC(=O)N[C@@H](C(=O)O)C(C)C. The van der Waals surface area contributed by atoms with Gasteiger partial charge >= 0.3 is 5.97 Å². The van der Waals surface area contributed by atoms with E-state index in [-0.39, 0.29) is 18.4 Å². The van der Waals surface area contributed by atoms with E-state index in [1.54, 1.807) is 13.8 Å². The fourth-order valence-corrected chi connectivity index (χ4v) is 1.12. The Balaban J connectivity index is 3.95. The molecule has 0 aliphatic rings. The highest BCUT2D eigenvalue weighted by Gasteiger charge is 2.22. The molecular weight excluding hydrogens is 196 g/mol. The Labute approximate surface area is 90.2 Å². The molecule has 1 amide bonds. The normalized spacial score (nSPS) is 12.5. The first-order valence-electron chi connectivity index (χ1n) is 5.22. The van der Waals surface area contributed by atoms with Gasteiger partial charge in [0.25, 0.3) is 0 Å². The number of carbonyl (C=O) groups excluding carboxylic acids is 1. The van der Waals surface area contributed by atoms with Gasteiger partial charge in [-0.1, -0.05) is 20.8 Å². The number of hydrogen-bond acceptors (Lipinski definition) is 3. The van der Waals surface area contributed by atoms with Gasteiger partial charge in [-0.3, -0.25) is 4.79 Å². The van der Waals surface area contributed by atoms with Crippen LogP contribution in [0.25, 0.3) is 0 Å². The Kier molecular flexibility index (Phi) is 6.70. The van der Waals surface area contributed by atoms with Gasteiger partial charge < -0.3 is 15.7 Å². The van der Waals surface area contributed by atoms with Gasteiger partial charge in [-0.25, -0.2) is 4.79 Å². The summed E-state index contributed by atoms with van der Waals surface area (Å²) in [7, 11) is 0. The zero-order chi connectivity index (χ0) is 11.8. The highest BCUT2D eigenvalue weighted by molar-refractivity contribution is 5.84. The zero-order valence-corrected chi connectivity index (χ0v) is 9.54. The third-order valence-electron chi connectivity index (χ3n) is 1.96. The summed E-state index contributed by atoms with van der Waals surface area (Å²) in [5, 5.41) is 14.2. The summed E-state index contributed by atoms with van der Waals surface area (Å²) >= 11 is 0. The maximum Gasteiger partial charge on any atom is 0.326 e. The first-order valence-corrected chi connectivity index (χ1v) is 5.22. The van der Waals surface area contributed by atoms with E-state index in [4.69, 9.17) is 5.11 Å². The Morgan fingerprint density at radius 2 is 1.93 bits per heavy atom. The highest BCUT2D eigenvalue weighted by Crippen LogP contribution is 2.00. The number of carbonyl (C=O) groups is 2. The van der Waals surface area contributed by atoms with E-state index in [0.29, 0.717) is 0 Å². The second kappa shape index (κ2) is 7.23. The minimum atomic E-state index is -0.992. The maximum absolute atomic E-state index is 11.3. The number of amides is 1. The lowest BCUT2D eigenvalue weighted by Gasteiger charge is -2.17. The van der Waals surface area contributed by atoms with Crippen molar-refractivity contribution in [3.63, 3.8) is 0 Å². The van der Waals surface area contributed by atoms with Crippen LogP contribution in [0.1, 0.15) is 27.2 Å². The van der Waals surface area contributed by atoms with Crippen molar-refractivity contribution >= 4 is 11.9 Å². The van der Waals surface area contributed by atoms with Crippen molar-refractivity contribution < 1.29 is 14.7 Å². The van der Waals surface area contributed by atoms with Crippen LogP contribution in [0.5, 0.6) is 0 Å². The quantitative estimate of drug-likeness (QED) is 0.532. The van der Waals surface area contributed by atoms with Crippen LogP contribution < -0.4 is 10.6 Å². The maximum atomic E-state index is 11.3. The Morgan fingerprint density at radius 3 is 2.33 bits per heavy atom. The van der Waals surface area contributed by atoms with E-state index in [2.05, 4.69) is 10.6 Å². The molecule has 0 fully saturated rings. The number of nitrogens with one attached hydrogen (secondary N) is 2. The van der Waals surface area contributed by atoms with E-state index in [0.717, 1.165) is 13.0 Å². The monoisotopic (exact) mass is 216 g/mol. The molecular formula is C10H20N2O3. The zero-order valence-electron chi connectivity index (χ0n) is 9.54. The number of rotatable bonds is 7. The van der Waals surface area contributed by atoms with Crippen molar-refractivity contribution in [3.05, 3.63) is 0 Å². The minimum absolute atomic E-state index is 0.113. The predicted molar refractivity (Wildman–Crippen MR) is 57.6 cm³/mol. The van der Waals surface area contributed by atoms with Gasteiger partial charge in [-0.2, -0.15) is 0 Å². The highest BCUT2D eigenvalue weighted by atomic mass is 16.4. The largest absolute Gasteiger partial charge is 0.480 e. The van der Waals surface area contributed by atoms with Crippen LogP contribution in [0, 0.1) is 5.92 Å². The van der Waals surface area contributed by atoms with Crippen molar-refractivity contribution in [3.8, 4) is 0 Å². The van der Waals surface area contributed by atoms with E-state index in [9.17, 15) is 9.59 Å². The molecule has 0 unspecified atom stereocenters. The average Bonchev–Trinajstić information content (AvgIpc) is 2.13. The van der Waals surface area contributed by atoms with Crippen molar-refractivity contribution in [1.82, 2.24) is 10.6 Å². The van der Waals surface area contributed by atoms with E-state index >= 15 is 0 Å². The summed E-state index contributed by atoms with van der Waals surface area (Å²) in [5.41, 5.74) is 0. The summed E-state index contributed by atoms with van der Waals surface area (Å²) in [4.78, 5) is 22.1. The molecule has 0 rings (SSSR count). The topological polar surface area (TPSA) is 78.4 Å². The first kappa shape index (κ1) is 13.9. The minimum Gasteiger partial charge on any atom is -0.480 e. The smallest absolute Gasteiger partial charge is 0.326 e. The van der Waals surface area contributed by atoms with Gasteiger partial charge in [0, 0.05) is 0 Å². The molecule has 0 aliphatic carbocycles. The lowest BCUT2D eigenvalue weighted by atomic mass is 10.1. The molecule has 15 heavy (non-hydrogen) atoms. The van der Waals surface area contributed by atoms with Crippen molar-refractivity contribution in [1.29, 1.82) is 0 Å². The molecule has 0 heterocycles. The van der Waals surface area contributed by atoms with Gasteiger partial charge in [0.2, 0.25) is 5.91 Å². The van der Waals surface area contributed by atoms with Gasteiger partial charge in [-0.15, -0.1) is 0 Å². The molecule has 0 aromatic rings. The summed E-state index contributed by atoms with van der Waals surface area (Å²) in [6.45, 7) is 6.45. The van der Waals surface area contributed by atoms with Crippen LogP contribution >= 0.6 is 0 Å². The van der Waals surface area contributed by atoms with Crippen LogP contribution in [0.3, 0.4) is 0 Å².